The molecule has 0 aliphatic carbocycles. The first-order valence-corrected chi connectivity index (χ1v) is 14.0. The lowest BCUT2D eigenvalue weighted by atomic mass is 9.93. The van der Waals surface area contributed by atoms with Gasteiger partial charge in [0.15, 0.2) is 5.78 Å². The van der Waals surface area contributed by atoms with E-state index in [1.807, 2.05) is 58.0 Å². The Labute approximate surface area is 228 Å². The van der Waals surface area contributed by atoms with Crippen molar-refractivity contribution in [2.75, 3.05) is 6.61 Å². The number of ketones is 1. The minimum atomic E-state index is -0.936. The molecule has 0 spiro atoms. The second-order valence-electron chi connectivity index (χ2n) is 11.0. The summed E-state index contributed by atoms with van der Waals surface area (Å²) in [6.45, 7) is 9.96. The predicted molar refractivity (Wildman–Crippen MR) is 148 cm³/mol. The van der Waals surface area contributed by atoms with Gasteiger partial charge in [0.2, 0.25) is 11.8 Å². The van der Waals surface area contributed by atoms with E-state index < -0.39 is 35.5 Å². The van der Waals surface area contributed by atoms with E-state index in [1.165, 1.54) is 11.3 Å². The maximum Gasteiger partial charge on any atom is 0.261 e. The Balaban J connectivity index is 1.80. The molecule has 1 aromatic carbocycles. The van der Waals surface area contributed by atoms with Crippen LogP contribution in [-0.2, 0) is 25.5 Å². The van der Waals surface area contributed by atoms with E-state index in [9.17, 15) is 19.2 Å². The maximum absolute atomic E-state index is 13.6. The van der Waals surface area contributed by atoms with Crippen molar-refractivity contribution in [3.8, 4) is 0 Å². The molecule has 2 aromatic rings. The third kappa shape index (κ3) is 8.49. The lowest BCUT2D eigenvalue weighted by molar-refractivity contribution is -0.133. The van der Waals surface area contributed by atoms with Crippen LogP contribution >= 0.6 is 11.3 Å². The van der Waals surface area contributed by atoms with Gasteiger partial charge in [0.25, 0.3) is 5.91 Å². The summed E-state index contributed by atoms with van der Waals surface area (Å²) in [5.74, 6) is -1.09. The van der Waals surface area contributed by atoms with E-state index in [1.54, 1.807) is 24.4 Å². The Morgan fingerprint density at radius 3 is 1.97 bits per heavy atom. The number of Topliss-reactive ketones (excluding diaryl/α,β-unsaturated/α-hetero) is 1. The summed E-state index contributed by atoms with van der Waals surface area (Å²) in [5, 5.41) is 10.4. The molecule has 0 saturated carbocycles. The van der Waals surface area contributed by atoms with Gasteiger partial charge in [-0.2, -0.15) is 0 Å². The average molecular weight is 542 g/mol. The molecule has 1 fully saturated rings. The number of nitrogens with one attached hydrogen (secondary N) is 3. The molecule has 1 aliphatic heterocycles. The van der Waals surface area contributed by atoms with Crippen LogP contribution in [0.4, 0.5) is 0 Å². The number of carbonyl (C=O) groups is 4. The molecule has 2 heterocycles. The number of carbonyl (C=O) groups excluding carboxylic acids is 4. The van der Waals surface area contributed by atoms with Gasteiger partial charge in [0.05, 0.1) is 17.5 Å². The summed E-state index contributed by atoms with van der Waals surface area (Å²) in [6, 6.07) is 10.4. The highest BCUT2D eigenvalue weighted by molar-refractivity contribution is 7.12. The summed E-state index contributed by atoms with van der Waals surface area (Å²) in [6.07, 6.45) is 1.11. The van der Waals surface area contributed by atoms with E-state index in [4.69, 9.17) is 4.74 Å². The van der Waals surface area contributed by atoms with Gasteiger partial charge in [-0.25, -0.2) is 0 Å². The van der Waals surface area contributed by atoms with Crippen molar-refractivity contribution in [2.24, 2.45) is 11.8 Å². The molecule has 206 valence electrons. The van der Waals surface area contributed by atoms with Gasteiger partial charge >= 0.3 is 0 Å². The monoisotopic (exact) mass is 541 g/mol. The van der Waals surface area contributed by atoms with Gasteiger partial charge in [-0.15, -0.1) is 11.3 Å². The quantitative estimate of drug-likeness (QED) is 0.317. The average Bonchev–Trinajstić information content (AvgIpc) is 3.37. The SMILES string of the molecule is CC(C)C[C@H](NC(=O)c1cccs1)C(=O)N[C@@H](Cc1ccccc1)C(=O)N[C@@H](CC(C)C)C(=O)[C@@]1(C)CO1. The molecule has 1 aromatic heterocycles. The second-order valence-corrected chi connectivity index (χ2v) is 11.9. The Morgan fingerprint density at radius 2 is 1.42 bits per heavy atom. The first-order chi connectivity index (χ1) is 18.0. The number of thiophene rings is 1. The Bertz CT molecular complexity index is 1100. The lowest BCUT2D eigenvalue weighted by Crippen LogP contribution is -2.57. The highest BCUT2D eigenvalue weighted by atomic mass is 32.1. The number of epoxide rings is 1. The third-order valence-corrected chi connectivity index (χ3v) is 7.30. The fourth-order valence-corrected chi connectivity index (χ4v) is 4.89. The van der Waals surface area contributed by atoms with E-state index in [0.717, 1.165) is 5.56 Å². The molecule has 3 N–H and O–H groups in total. The molecule has 1 saturated heterocycles. The molecule has 0 bridgehead atoms. The first-order valence-electron chi connectivity index (χ1n) is 13.2. The number of benzene rings is 1. The smallest absolute Gasteiger partial charge is 0.261 e. The van der Waals surface area contributed by atoms with Crippen molar-refractivity contribution < 1.29 is 23.9 Å². The highest BCUT2D eigenvalue weighted by Crippen LogP contribution is 2.29. The van der Waals surface area contributed by atoms with Crippen LogP contribution in [0.25, 0.3) is 0 Å². The Morgan fingerprint density at radius 1 is 0.842 bits per heavy atom. The van der Waals surface area contributed by atoms with Crippen LogP contribution in [0.1, 0.15) is 62.7 Å². The van der Waals surface area contributed by atoms with Crippen LogP contribution in [-0.4, -0.2) is 53.8 Å². The van der Waals surface area contributed by atoms with E-state index in [0.29, 0.717) is 24.3 Å². The Hall–Kier alpha value is -3.04. The van der Waals surface area contributed by atoms with Crippen LogP contribution in [0.3, 0.4) is 0 Å². The second kappa shape index (κ2) is 13.2. The minimum absolute atomic E-state index is 0.128. The molecular weight excluding hydrogens is 502 g/mol. The normalized spacial score (nSPS) is 18.9. The molecular formula is C29H39N3O5S. The zero-order chi connectivity index (χ0) is 27.9. The van der Waals surface area contributed by atoms with Gasteiger partial charge < -0.3 is 20.7 Å². The summed E-state index contributed by atoms with van der Waals surface area (Å²) in [7, 11) is 0. The third-order valence-electron chi connectivity index (χ3n) is 6.43. The van der Waals surface area contributed by atoms with Crippen molar-refractivity contribution in [3.05, 3.63) is 58.3 Å². The summed E-state index contributed by atoms with van der Waals surface area (Å²) in [4.78, 5) is 53.4. The number of rotatable bonds is 14. The van der Waals surface area contributed by atoms with E-state index >= 15 is 0 Å². The fourth-order valence-electron chi connectivity index (χ4n) is 4.27. The van der Waals surface area contributed by atoms with Gasteiger partial charge in [-0.3, -0.25) is 19.2 Å². The zero-order valence-corrected chi connectivity index (χ0v) is 23.6. The molecule has 4 atom stereocenters. The molecule has 3 rings (SSSR count). The number of amides is 3. The summed E-state index contributed by atoms with van der Waals surface area (Å²) in [5.41, 5.74) is -0.0142. The van der Waals surface area contributed by atoms with Crippen LogP contribution < -0.4 is 16.0 Å². The summed E-state index contributed by atoms with van der Waals surface area (Å²) >= 11 is 1.30. The molecule has 1 aliphatic rings. The van der Waals surface area contributed by atoms with Crippen LogP contribution in [0, 0.1) is 11.8 Å². The molecule has 0 radical (unpaired) electrons. The predicted octanol–water partition coefficient (Wildman–Crippen LogP) is 3.51. The topological polar surface area (TPSA) is 117 Å². The number of ether oxygens (including phenoxy) is 1. The maximum atomic E-state index is 13.6. The molecule has 0 unspecified atom stereocenters. The van der Waals surface area contributed by atoms with Gasteiger partial charge in [-0.1, -0.05) is 64.1 Å². The van der Waals surface area contributed by atoms with Crippen molar-refractivity contribution in [1.82, 2.24) is 16.0 Å². The largest absolute Gasteiger partial charge is 0.361 e. The first kappa shape index (κ1) is 29.5. The van der Waals surface area contributed by atoms with Crippen molar-refractivity contribution in [3.63, 3.8) is 0 Å². The van der Waals surface area contributed by atoms with Crippen LogP contribution in [0.2, 0.25) is 0 Å². The number of hydrogen-bond donors (Lipinski definition) is 3. The highest BCUT2D eigenvalue weighted by Gasteiger charge is 2.50. The van der Waals surface area contributed by atoms with Gasteiger partial charge in [-0.05, 0) is 48.6 Å². The standard InChI is InChI=1S/C29H39N3O5S/c1-18(2)14-21(25(33)29(5)17-37-29)30-27(35)23(16-20-10-7-6-8-11-20)31-26(34)22(15-19(3)4)32-28(36)24-12-9-13-38-24/h6-13,18-19,21-23H,14-17H2,1-5H3,(H,30,35)(H,31,34)(H,32,36)/t21-,22-,23-,29+/m0/s1. The van der Waals surface area contributed by atoms with Crippen molar-refractivity contribution in [2.45, 2.75) is 77.6 Å². The fraction of sp³-hybridized carbons (Fsp3) is 0.517. The molecule has 38 heavy (non-hydrogen) atoms. The zero-order valence-electron chi connectivity index (χ0n) is 22.8. The van der Waals surface area contributed by atoms with Gasteiger partial charge in [0, 0.05) is 6.42 Å². The molecule has 3 amide bonds. The van der Waals surface area contributed by atoms with Crippen LogP contribution in [0.5, 0.6) is 0 Å². The van der Waals surface area contributed by atoms with Crippen molar-refractivity contribution >= 4 is 34.8 Å². The summed E-state index contributed by atoms with van der Waals surface area (Å²) < 4.78 is 5.35. The Kier molecular flexibility index (Phi) is 10.2. The van der Waals surface area contributed by atoms with Crippen LogP contribution in [0.15, 0.2) is 47.8 Å². The minimum Gasteiger partial charge on any atom is -0.361 e. The van der Waals surface area contributed by atoms with E-state index in [-0.39, 0.29) is 29.9 Å². The lowest BCUT2D eigenvalue weighted by Gasteiger charge is -2.27. The molecule has 9 heteroatoms. The molecule has 8 nitrogen and oxygen atoms in total. The van der Waals surface area contributed by atoms with E-state index in [2.05, 4.69) is 16.0 Å². The number of hydrogen-bond acceptors (Lipinski definition) is 6. The van der Waals surface area contributed by atoms with Gasteiger partial charge in [0.1, 0.15) is 17.7 Å². The van der Waals surface area contributed by atoms with Crippen molar-refractivity contribution in [1.29, 1.82) is 0 Å².